The maximum atomic E-state index is 12.3. The van der Waals surface area contributed by atoms with E-state index in [0.29, 0.717) is 10.6 Å². The highest BCUT2D eigenvalue weighted by molar-refractivity contribution is 8.00. The molecule has 0 aliphatic heterocycles. The van der Waals surface area contributed by atoms with Crippen LogP contribution in [0.25, 0.3) is 11.0 Å². The quantitative estimate of drug-likeness (QED) is 0.735. The molecule has 0 saturated heterocycles. The van der Waals surface area contributed by atoms with Crippen LogP contribution in [0.3, 0.4) is 0 Å². The second-order valence-corrected chi connectivity index (χ2v) is 7.19. The maximum Gasteiger partial charge on any atom is 0.238 e. The molecule has 3 rings (SSSR count). The van der Waals surface area contributed by atoms with E-state index in [1.165, 1.54) is 23.1 Å². The topological polar surface area (TPSA) is 70.7 Å². The minimum absolute atomic E-state index is 0.138. The number of carbonyl (C=O) groups is 1. The van der Waals surface area contributed by atoms with Crippen LogP contribution < -0.4 is 5.32 Å². The number of rotatable bonds is 4. The van der Waals surface area contributed by atoms with Gasteiger partial charge in [-0.15, -0.1) is 11.3 Å². The third-order valence-electron chi connectivity index (χ3n) is 3.42. The van der Waals surface area contributed by atoms with E-state index < -0.39 is 0 Å². The van der Waals surface area contributed by atoms with Crippen molar-refractivity contribution in [3.8, 4) is 6.07 Å². The van der Waals surface area contributed by atoms with Gasteiger partial charge in [-0.2, -0.15) is 5.26 Å². The molecule has 0 fully saturated rings. The number of amides is 1. The van der Waals surface area contributed by atoms with E-state index in [4.69, 9.17) is 5.26 Å². The number of aromatic nitrogens is 2. The highest BCUT2D eigenvalue weighted by Gasteiger charge is 2.19. The molecule has 0 saturated carbocycles. The van der Waals surface area contributed by atoms with E-state index in [1.54, 1.807) is 11.4 Å². The summed E-state index contributed by atoms with van der Waals surface area (Å²) in [4.78, 5) is 16.9. The number of aryl methyl sites for hydroxylation is 1. The number of imidazole rings is 1. The molecule has 0 radical (unpaired) electrons. The Labute approximate surface area is 142 Å². The Bertz CT molecular complexity index is 906. The van der Waals surface area contributed by atoms with Gasteiger partial charge in [0, 0.05) is 7.05 Å². The Kier molecular flexibility index (Phi) is 4.37. The molecule has 0 spiro atoms. The summed E-state index contributed by atoms with van der Waals surface area (Å²) in [6.45, 7) is 1.83. The first kappa shape index (κ1) is 15.6. The third-order valence-corrected chi connectivity index (χ3v) is 5.39. The fourth-order valence-electron chi connectivity index (χ4n) is 2.15. The molecular weight excluding hydrogens is 328 g/mol. The standard InChI is InChI=1S/C16H14N4OS2/c1-10(14(21)19-15-11(9-17)7-8-22-15)23-16-18-12-5-3-4-6-13(12)20(16)2/h3-8,10H,1-2H3,(H,19,21)/t10-/m0/s1. The molecule has 0 bridgehead atoms. The number of carbonyl (C=O) groups excluding carboxylic acids is 1. The van der Waals surface area contributed by atoms with Crippen LogP contribution in [0, 0.1) is 11.3 Å². The molecule has 2 heterocycles. The number of hydrogen-bond donors (Lipinski definition) is 1. The molecule has 23 heavy (non-hydrogen) atoms. The van der Waals surface area contributed by atoms with Crippen LogP contribution in [-0.4, -0.2) is 20.7 Å². The van der Waals surface area contributed by atoms with Crippen molar-refractivity contribution < 1.29 is 4.79 Å². The largest absolute Gasteiger partial charge is 0.322 e. The summed E-state index contributed by atoms with van der Waals surface area (Å²) in [5.74, 6) is -0.138. The summed E-state index contributed by atoms with van der Waals surface area (Å²) in [7, 11) is 1.94. The second kappa shape index (κ2) is 6.44. The van der Waals surface area contributed by atoms with Gasteiger partial charge >= 0.3 is 0 Å². The Morgan fingerprint density at radius 1 is 1.43 bits per heavy atom. The van der Waals surface area contributed by atoms with Gasteiger partial charge in [0.15, 0.2) is 5.16 Å². The smallest absolute Gasteiger partial charge is 0.238 e. The number of fused-ring (bicyclic) bond motifs is 1. The van der Waals surface area contributed by atoms with Crippen LogP contribution in [0.4, 0.5) is 5.00 Å². The summed E-state index contributed by atoms with van der Waals surface area (Å²) >= 11 is 2.75. The Hall–Kier alpha value is -2.30. The van der Waals surface area contributed by atoms with Gasteiger partial charge in [0.1, 0.15) is 11.1 Å². The third kappa shape index (κ3) is 3.09. The first-order valence-electron chi connectivity index (χ1n) is 6.96. The van der Waals surface area contributed by atoms with E-state index in [0.717, 1.165) is 16.2 Å². The lowest BCUT2D eigenvalue weighted by atomic mass is 10.3. The van der Waals surface area contributed by atoms with E-state index in [9.17, 15) is 4.79 Å². The van der Waals surface area contributed by atoms with Crippen LogP contribution in [0.15, 0.2) is 40.9 Å². The fraction of sp³-hybridized carbons (Fsp3) is 0.188. The molecule has 0 unspecified atom stereocenters. The molecule has 1 atom stereocenters. The van der Waals surface area contributed by atoms with E-state index in [2.05, 4.69) is 16.4 Å². The van der Waals surface area contributed by atoms with Gasteiger partial charge in [0.05, 0.1) is 21.8 Å². The van der Waals surface area contributed by atoms with Crippen LogP contribution in [0.1, 0.15) is 12.5 Å². The average molecular weight is 342 g/mol. The Morgan fingerprint density at radius 2 is 2.22 bits per heavy atom. The van der Waals surface area contributed by atoms with Gasteiger partial charge in [-0.25, -0.2) is 4.98 Å². The highest BCUT2D eigenvalue weighted by Crippen LogP contribution is 2.28. The van der Waals surface area contributed by atoms with E-state index in [-0.39, 0.29) is 11.2 Å². The van der Waals surface area contributed by atoms with Gasteiger partial charge in [0.2, 0.25) is 5.91 Å². The number of thiophene rings is 1. The lowest BCUT2D eigenvalue weighted by Gasteiger charge is -2.11. The molecule has 0 aliphatic rings. The Morgan fingerprint density at radius 3 is 2.96 bits per heavy atom. The van der Waals surface area contributed by atoms with E-state index in [1.807, 2.05) is 42.8 Å². The minimum Gasteiger partial charge on any atom is -0.322 e. The van der Waals surface area contributed by atoms with Gasteiger partial charge in [-0.1, -0.05) is 23.9 Å². The number of nitriles is 1. The number of thioether (sulfide) groups is 1. The number of nitrogens with zero attached hydrogens (tertiary/aromatic N) is 3. The SMILES string of the molecule is C[C@H](Sc1nc2ccccc2n1C)C(=O)Nc1sccc1C#N. The van der Waals surface area contributed by atoms with Gasteiger partial charge in [-0.05, 0) is 30.5 Å². The number of anilines is 1. The zero-order chi connectivity index (χ0) is 16.4. The minimum atomic E-state index is -0.320. The zero-order valence-electron chi connectivity index (χ0n) is 12.6. The van der Waals surface area contributed by atoms with Gasteiger partial charge in [-0.3, -0.25) is 4.79 Å². The average Bonchev–Trinajstić information content (AvgIpc) is 3.12. The lowest BCUT2D eigenvalue weighted by molar-refractivity contribution is -0.115. The molecule has 0 aliphatic carbocycles. The van der Waals surface area contributed by atoms with E-state index >= 15 is 0 Å². The summed E-state index contributed by atoms with van der Waals surface area (Å²) in [6, 6.07) is 11.6. The lowest BCUT2D eigenvalue weighted by Crippen LogP contribution is -2.22. The molecule has 5 nitrogen and oxygen atoms in total. The molecular formula is C16H14N4OS2. The van der Waals surface area contributed by atoms with Crippen molar-refractivity contribution in [1.82, 2.24) is 9.55 Å². The zero-order valence-corrected chi connectivity index (χ0v) is 14.2. The summed E-state index contributed by atoms with van der Waals surface area (Å²) in [5.41, 5.74) is 2.44. The highest BCUT2D eigenvalue weighted by atomic mass is 32.2. The van der Waals surface area contributed by atoms with Crippen LogP contribution in [0.5, 0.6) is 0 Å². The van der Waals surface area contributed by atoms with Crippen molar-refractivity contribution in [2.75, 3.05) is 5.32 Å². The van der Waals surface area contributed by atoms with Crippen molar-refractivity contribution in [3.05, 3.63) is 41.3 Å². The normalized spacial score (nSPS) is 12.0. The van der Waals surface area contributed by atoms with Crippen molar-refractivity contribution in [3.63, 3.8) is 0 Å². The number of para-hydroxylation sites is 2. The maximum absolute atomic E-state index is 12.3. The number of nitrogens with one attached hydrogen (secondary N) is 1. The van der Waals surface area contributed by atoms with Crippen LogP contribution >= 0.6 is 23.1 Å². The second-order valence-electron chi connectivity index (χ2n) is 4.97. The van der Waals surface area contributed by atoms with Gasteiger partial charge < -0.3 is 9.88 Å². The molecule has 116 valence electrons. The van der Waals surface area contributed by atoms with Crippen LogP contribution in [0.2, 0.25) is 0 Å². The van der Waals surface area contributed by atoms with Crippen molar-refractivity contribution in [2.45, 2.75) is 17.3 Å². The molecule has 7 heteroatoms. The van der Waals surface area contributed by atoms with Crippen LogP contribution in [-0.2, 0) is 11.8 Å². The fourth-order valence-corrected chi connectivity index (χ4v) is 3.78. The van der Waals surface area contributed by atoms with Crippen molar-refractivity contribution in [2.24, 2.45) is 7.05 Å². The van der Waals surface area contributed by atoms with Gasteiger partial charge in [0.25, 0.3) is 0 Å². The van der Waals surface area contributed by atoms with Crippen molar-refractivity contribution in [1.29, 1.82) is 5.26 Å². The monoisotopic (exact) mass is 342 g/mol. The molecule has 1 aromatic carbocycles. The molecule has 1 amide bonds. The first-order valence-corrected chi connectivity index (χ1v) is 8.72. The summed E-state index contributed by atoms with van der Waals surface area (Å²) in [6.07, 6.45) is 0. The summed E-state index contributed by atoms with van der Waals surface area (Å²) < 4.78 is 1.98. The Balaban J connectivity index is 1.75. The summed E-state index contributed by atoms with van der Waals surface area (Å²) in [5, 5.41) is 14.7. The first-order chi connectivity index (χ1) is 11.1. The molecule has 2 aromatic heterocycles. The molecule has 3 aromatic rings. The predicted molar refractivity (Wildman–Crippen MR) is 93.7 cm³/mol. The molecule has 1 N–H and O–H groups in total. The number of benzene rings is 1. The number of hydrogen-bond acceptors (Lipinski definition) is 5. The van der Waals surface area contributed by atoms with Crippen molar-refractivity contribution >= 4 is 45.0 Å². The predicted octanol–water partition coefficient (Wildman–Crippen LogP) is 3.63.